The second-order valence-electron chi connectivity index (χ2n) is 6.56. The molecule has 0 radical (unpaired) electrons. The summed E-state index contributed by atoms with van der Waals surface area (Å²) in [5.41, 5.74) is 2.00. The molecule has 0 bridgehead atoms. The summed E-state index contributed by atoms with van der Waals surface area (Å²) in [6.45, 7) is 1.97. The number of nitrogens with one attached hydrogen (secondary N) is 1. The van der Waals surface area contributed by atoms with Gasteiger partial charge in [0.1, 0.15) is 5.75 Å². The quantitative estimate of drug-likeness (QED) is 0.668. The van der Waals surface area contributed by atoms with Crippen molar-refractivity contribution >= 4 is 11.9 Å². The van der Waals surface area contributed by atoms with Crippen LogP contribution in [0.5, 0.6) is 5.75 Å². The van der Waals surface area contributed by atoms with Crippen LogP contribution in [0.3, 0.4) is 0 Å². The Morgan fingerprint density at radius 3 is 2.30 bits per heavy atom. The topological polar surface area (TPSA) is 75.6 Å². The lowest BCUT2D eigenvalue weighted by Crippen LogP contribution is -2.39. The number of rotatable bonds is 10. The third kappa shape index (κ3) is 6.44. The first-order chi connectivity index (χ1) is 13.0. The number of carboxylic acid groups (broad SMARTS) is 1. The zero-order valence-corrected chi connectivity index (χ0v) is 15.9. The van der Waals surface area contributed by atoms with E-state index >= 15 is 0 Å². The van der Waals surface area contributed by atoms with Crippen molar-refractivity contribution in [2.45, 2.75) is 44.6 Å². The zero-order chi connectivity index (χ0) is 19.6. The van der Waals surface area contributed by atoms with Crippen molar-refractivity contribution in [1.29, 1.82) is 0 Å². The van der Waals surface area contributed by atoms with E-state index in [1.165, 1.54) is 0 Å². The summed E-state index contributed by atoms with van der Waals surface area (Å²) in [5.74, 6) is -0.463. The molecule has 0 fully saturated rings. The number of amides is 1. The number of aliphatic carboxylic acids is 1. The maximum absolute atomic E-state index is 12.9. The Hall–Kier alpha value is -2.82. The number of ether oxygens (including phenoxy) is 1. The summed E-state index contributed by atoms with van der Waals surface area (Å²) in [6.07, 6.45) is 1.69. The van der Waals surface area contributed by atoms with Gasteiger partial charge in [-0.2, -0.15) is 0 Å². The van der Waals surface area contributed by atoms with Gasteiger partial charge in [-0.25, -0.2) is 0 Å². The maximum atomic E-state index is 12.9. The number of hydrogen-bond donors (Lipinski definition) is 2. The molecular weight excluding hydrogens is 342 g/mol. The molecule has 2 aromatic carbocycles. The molecule has 0 aliphatic rings. The number of hydrogen-bond acceptors (Lipinski definition) is 3. The number of methoxy groups -OCH3 is 1. The van der Waals surface area contributed by atoms with Gasteiger partial charge in [-0.05, 0) is 42.5 Å². The van der Waals surface area contributed by atoms with Crippen LogP contribution >= 0.6 is 0 Å². The zero-order valence-electron chi connectivity index (χ0n) is 15.9. The monoisotopic (exact) mass is 369 g/mol. The fraction of sp³-hybridized carbons (Fsp3) is 0.364. The molecule has 0 spiro atoms. The fourth-order valence-electron chi connectivity index (χ4n) is 3.13. The lowest BCUT2D eigenvalue weighted by Gasteiger charge is -2.22. The van der Waals surface area contributed by atoms with Crippen LogP contribution in [0.4, 0.5) is 0 Å². The lowest BCUT2D eigenvalue weighted by atomic mass is 9.94. The summed E-state index contributed by atoms with van der Waals surface area (Å²) < 4.78 is 5.17. The third-order valence-electron chi connectivity index (χ3n) is 4.62. The maximum Gasteiger partial charge on any atom is 0.303 e. The summed E-state index contributed by atoms with van der Waals surface area (Å²) in [5, 5.41) is 12.1. The molecule has 2 atom stereocenters. The smallest absolute Gasteiger partial charge is 0.303 e. The van der Waals surface area contributed by atoms with Gasteiger partial charge in [0.05, 0.1) is 13.0 Å². The van der Waals surface area contributed by atoms with Crippen LogP contribution in [-0.2, 0) is 16.0 Å². The number of carbonyl (C=O) groups excluding carboxylic acids is 1. The molecule has 2 rings (SSSR count). The van der Waals surface area contributed by atoms with E-state index in [-0.39, 0.29) is 24.3 Å². The predicted molar refractivity (Wildman–Crippen MR) is 105 cm³/mol. The van der Waals surface area contributed by atoms with Gasteiger partial charge in [0, 0.05) is 12.5 Å². The highest BCUT2D eigenvalue weighted by atomic mass is 16.5. The van der Waals surface area contributed by atoms with Gasteiger partial charge in [-0.3, -0.25) is 9.59 Å². The van der Waals surface area contributed by atoms with E-state index in [1.54, 1.807) is 7.11 Å². The van der Waals surface area contributed by atoms with E-state index in [0.717, 1.165) is 16.9 Å². The number of carboxylic acids is 1. The van der Waals surface area contributed by atoms with E-state index in [0.29, 0.717) is 19.3 Å². The molecule has 144 valence electrons. The Bertz CT molecular complexity index is 728. The molecular formula is C22H27NO4. The summed E-state index contributed by atoms with van der Waals surface area (Å²) in [4.78, 5) is 23.9. The van der Waals surface area contributed by atoms with Gasteiger partial charge < -0.3 is 15.2 Å². The number of benzene rings is 2. The van der Waals surface area contributed by atoms with Crippen LogP contribution in [-0.4, -0.2) is 30.1 Å². The highest BCUT2D eigenvalue weighted by Crippen LogP contribution is 2.23. The van der Waals surface area contributed by atoms with Gasteiger partial charge in [0.2, 0.25) is 5.91 Å². The summed E-state index contributed by atoms with van der Waals surface area (Å²) in [7, 11) is 1.61. The van der Waals surface area contributed by atoms with Crippen LogP contribution in [0.1, 0.15) is 43.2 Å². The van der Waals surface area contributed by atoms with Crippen LogP contribution in [0.2, 0.25) is 0 Å². The minimum absolute atomic E-state index is 0.0249. The molecule has 2 aromatic rings. The van der Waals surface area contributed by atoms with Crippen molar-refractivity contribution < 1.29 is 19.4 Å². The largest absolute Gasteiger partial charge is 0.497 e. The molecule has 0 aromatic heterocycles. The van der Waals surface area contributed by atoms with Gasteiger partial charge in [0.15, 0.2) is 0 Å². The predicted octanol–water partition coefficient (Wildman–Crippen LogP) is 3.78. The third-order valence-corrected chi connectivity index (χ3v) is 4.62. The molecule has 0 aliphatic carbocycles. The molecule has 27 heavy (non-hydrogen) atoms. The van der Waals surface area contributed by atoms with Gasteiger partial charge in [-0.1, -0.05) is 49.4 Å². The van der Waals surface area contributed by atoms with Crippen LogP contribution in [0.25, 0.3) is 0 Å². The van der Waals surface area contributed by atoms with Gasteiger partial charge in [-0.15, -0.1) is 0 Å². The standard InChI is InChI=1S/C22H27NO4/c1-3-20(17-9-12-19(27-2)13-10-17)22(26)23-18(11-14-21(24)25)15-16-7-5-4-6-8-16/h4-10,12-13,18,20H,3,11,14-15H2,1-2H3,(H,23,26)(H,24,25). The molecule has 0 aliphatic heterocycles. The van der Waals surface area contributed by atoms with E-state index < -0.39 is 5.97 Å². The van der Waals surface area contributed by atoms with Crippen molar-refractivity contribution in [2.24, 2.45) is 0 Å². The van der Waals surface area contributed by atoms with Crippen LogP contribution in [0, 0.1) is 0 Å². The van der Waals surface area contributed by atoms with E-state index in [4.69, 9.17) is 9.84 Å². The van der Waals surface area contributed by atoms with Crippen molar-refractivity contribution in [3.63, 3.8) is 0 Å². The molecule has 0 heterocycles. The Morgan fingerprint density at radius 2 is 1.74 bits per heavy atom. The molecule has 1 amide bonds. The van der Waals surface area contributed by atoms with Gasteiger partial charge in [0.25, 0.3) is 0 Å². The number of carbonyl (C=O) groups is 2. The first-order valence-electron chi connectivity index (χ1n) is 9.23. The molecule has 0 saturated heterocycles. The molecule has 5 heteroatoms. The highest BCUT2D eigenvalue weighted by molar-refractivity contribution is 5.84. The summed E-state index contributed by atoms with van der Waals surface area (Å²) in [6, 6.07) is 17.1. The average Bonchev–Trinajstić information content (AvgIpc) is 2.68. The van der Waals surface area contributed by atoms with Crippen molar-refractivity contribution in [3.8, 4) is 5.75 Å². The van der Waals surface area contributed by atoms with Gasteiger partial charge >= 0.3 is 5.97 Å². The Labute approximate surface area is 160 Å². The van der Waals surface area contributed by atoms with Crippen LogP contribution < -0.4 is 10.1 Å². The fourth-order valence-corrected chi connectivity index (χ4v) is 3.13. The van der Waals surface area contributed by atoms with Crippen molar-refractivity contribution in [3.05, 3.63) is 65.7 Å². The van der Waals surface area contributed by atoms with E-state index in [9.17, 15) is 9.59 Å². The van der Waals surface area contributed by atoms with Crippen molar-refractivity contribution in [1.82, 2.24) is 5.32 Å². The van der Waals surface area contributed by atoms with Crippen LogP contribution in [0.15, 0.2) is 54.6 Å². The second-order valence-corrected chi connectivity index (χ2v) is 6.56. The van der Waals surface area contributed by atoms with E-state index in [2.05, 4.69) is 5.32 Å². The van der Waals surface area contributed by atoms with Crippen molar-refractivity contribution in [2.75, 3.05) is 7.11 Å². The first kappa shape index (κ1) is 20.5. The Kier molecular flexibility index (Phi) is 7.86. The molecule has 0 saturated carbocycles. The second kappa shape index (κ2) is 10.4. The SMILES string of the molecule is CCC(C(=O)NC(CCC(=O)O)Cc1ccccc1)c1ccc(OC)cc1. The Balaban J connectivity index is 2.09. The minimum atomic E-state index is -0.857. The molecule has 5 nitrogen and oxygen atoms in total. The highest BCUT2D eigenvalue weighted by Gasteiger charge is 2.22. The van der Waals surface area contributed by atoms with E-state index in [1.807, 2.05) is 61.5 Å². The first-order valence-corrected chi connectivity index (χ1v) is 9.23. The summed E-state index contributed by atoms with van der Waals surface area (Å²) >= 11 is 0. The Morgan fingerprint density at radius 1 is 1.07 bits per heavy atom. The average molecular weight is 369 g/mol. The lowest BCUT2D eigenvalue weighted by molar-refractivity contribution is -0.137. The minimum Gasteiger partial charge on any atom is -0.497 e. The normalized spacial score (nSPS) is 12.8. The molecule has 2 N–H and O–H groups in total. The molecule has 2 unspecified atom stereocenters.